The summed E-state index contributed by atoms with van der Waals surface area (Å²) in [4.78, 5) is 17.5. The van der Waals surface area contributed by atoms with Gasteiger partial charge in [-0.25, -0.2) is 0 Å². The van der Waals surface area contributed by atoms with E-state index in [0.717, 1.165) is 19.5 Å². The zero-order chi connectivity index (χ0) is 11.4. The third kappa shape index (κ3) is 2.48. The molecule has 0 atom stereocenters. The molecule has 0 unspecified atom stereocenters. The molecule has 1 heterocycles. The summed E-state index contributed by atoms with van der Waals surface area (Å²) in [6, 6.07) is 4.03. The number of carbonyl (C=O) groups excluding carboxylic acids is 1. The van der Waals surface area contributed by atoms with Crippen molar-refractivity contribution in [2.45, 2.75) is 26.3 Å². The summed E-state index contributed by atoms with van der Waals surface area (Å²) in [5.74, 6) is 0.253. The highest BCUT2D eigenvalue weighted by atomic mass is 16.1. The number of ketones is 1. The van der Waals surface area contributed by atoms with E-state index in [1.54, 1.807) is 18.5 Å². The van der Waals surface area contributed by atoms with E-state index in [4.69, 9.17) is 0 Å². The number of pyridine rings is 1. The van der Waals surface area contributed by atoms with Crippen molar-refractivity contribution >= 4 is 5.78 Å². The van der Waals surface area contributed by atoms with Crippen LogP contribution in [0.5, 0.6) is 0 Å². The lowest BCUT2D eigenvalue weighted by Gasteiger charge is -2.24. The summed E-state index contributed by atoms with van der Waals surface area (Å²) in [5.41, 5.74) is 2.40. The molecule has 0 saturated carbocycles. The minimum Gasteiger partial charge on any atom is -0.371 e. The normalized spacial score (nSPS) is 15.1. The monoisotopic (exact) mass is 216 g/mol. The smallest absolute Gasteiger partial charge is 0.157 e. The van der Waals surface area contributed by atoms with Crippen LogP contribution in [0.15, 0.2) is 36.3 Å². The highest BCUT2D eigenvalue weighted by Crippen LogP contribution is 2.20. The van der Waals surface area contributed by atoms with Crippen LogP contribution in [0, 0.1) is 0 Å². The third-order valence-corrected chi connectivity index (χ3v) is 2.87. The Morgan fingerprint density at radius 1 is 1.31 bits per heavy atom. The molecule has 0 fully saturated rings. The minimum atomic E-state index is 0.253. The first-order chi connectivity index (χ1) is 7.79. The highest BCUT2D eigenvalue weighted by Gasteiger charge is 2.16. The van der Waals surface area contributed by atoms with Gasteiger partial charge in [0.05, 0.1) is 0 Å². The van der Waals surface area contributed by atoms with Gasteiger partial charge in [0.15, 0.2) is 5.78 Å². The number of allylic oxidation sites excluding steroid dienone is 2. The van der Waals surface area contributed by atoms with Crippen LogP contribution >= 0.6 is 0 Å². The molecule has 0 bridgehead atoms. The molecule has 0 spiro atoms. The SMILES string of the molecule is CCN(Cc1ccncc1)C1=CC(=O)CC1. The van der Waals surface area contributed by atoms with Gasteiger partial charge in [-0.1, -0.05) is 0 Å². The Kier molecular flexibility index (Phi) is 3.34. The molecule has 3 nitrogen and oxygen atoms in total. The largest absolute Gasteiger partial charge is 0.371 e. The van der Waals surface area contributed by atoms with Crippen molar-refractivity contribution in [3.63, 3.8) is 0 Å². The molecule has 0 aromatic carbocycles. The molecule has 0 radical (unpaired) electrons. The van der Waals surface area contributed by atoms with Crippen LogP contribution in [0.3, 0.4) is 0 Å². The molecular weight excluding hydrogens is 200 g/mol. The van der Waals surface area contributed by atoms with Crippen molar-refractivity contribution < 1.29 is 4.79 Å². The molecular formula is C13H16N2O. The molecule has 84 valence electrons. The zero-order valence-corrected chi connectivity index (χ0v) is 9.52. The Morgan fingerprint density at radius 2 is 2.06 bits per heavy atom. The van der Waals surface area contributed by atoms with Gasteiger partial charge in [0, 0.05) is 43.7 Å². The van der Waals surface area contributed by atoms with Crippen LogP contribution in [-0.2, 0) is 11.3 Å². The average Bonchev–Trinajstić information content (AvgIpc) is 2.74. The van der Waals surface area contributed by atoms with Crippen LogP contribution in [0.1, 0.15) is 25.3 Å². The molecule has 1 aliphatic carbocycles. The molecule has 0 aliphatic heterocycles. The molecule has 3 heteroatoms. The standard InChI is InChI=1S/C13H16N2O/c1-2-15(12-3-4-13(16)9-12)10-11-5-7-14-8-6-11/h5-9H,2-4,10H2,1H3. The van der Waals surface area contributed by atoms with E-state index in [0.29, 0.717) is 6.42 Å². The second-order valence-corrected chi connectivity index (χ2v) is 3.97. The molecule has 1 aromatic heterocycles. The van der Waals surface area contributed by atoms with E-state index >= 15 is 0 Å². The van der Waals surface area contributed by atoms with Crippen LogP contribution in [0.25, 0.3) is 0 Å². The molecule has 1 aromatic rings. The molecule has 0 amide bonds. The van der Waals surface area contributed by atoms with Crippen molar-refractivity contribution in [1.82, 2.24) is 9.88 Å². The summed E-state index contributed by atoms with van der Waals surface area (Å²) in [7, 11) is 0. The maximum absolute atomic E-state index is 11.2. The molecule has 1 aliphatic rings. The van der Waals surface area contributed by atoms with Gasteiger partial charge in [-0.2, -0.15) is 0 Å². The van der Waals surface area contributed by atoms with Gasteiger partial charge in [-0.3, -0.25) is 9.78 Å². The Morgan fingerprint density at radius 3 is 2.62 bits per heavy atom. The maximum atomic E-state index is 11.2. The first-order valence-corrected chi connectivity index (χ1v) is 5.67. The summed E-state index contributed by atoms with van der Waals surface area (Å²) >= 11 is 0. The van der Waals surface area contributed by atoms with Crippen LogP contribution in [0.4, 0.5) is 0 Å². The lowest BCUT2D eigenvalue weighted by molar-refractivity contribution is -0.114. The van der Waals surface area contributed by atoms with E-state index in [1.807, 2.05) is 12.1 Å². The fourth-order valence-corrected chi connectivity index (χ4v) is 1.96. The fourth-order valence-electron chi connectivity index (χ4n) is 1.96. The lowest BCUT2D eigenvalue weighted by atomic mass is 10.2. The van der Waals surface area contributed by atoms with Crippen LogP contribution in [0.2, 0.25) is 0 Å². The Bertz CT molecular complexity index is 398. The lowest BCUT2D eigenvalue weighted by Crippen LogP contribution is -2.21. The Hall–Kier alpha value is -1.64. The predicted molar refractivity (Wildman–Crippen MR) is 62.6 cm³/mol. The van der Waals surface area contributed by atoms with Gasteiger partial charge >= 0.3 is 0 Å². The second kappa shape index (κ2) is 4.92. The van der Waals surface area contributed by atoms with Crippen molar-refractivity contribution in [2.24, 2.45) is 0 Å². The zero-order valence-electron chi connectivity index (χ0n) is 9.52. The number of nitrogens with zero attached hydrogens (tertiary/aromatic N) is 2. The Labute approximate surface area is 95.8 Å². The third-order valence-electron chi connectivity index (χ3n) is 2.87. The summed E-state index contributed by atoms with van der Waals surface area (Å²) < 4.78 is 0. The topological polar surface area (TPSA) is 33.2 Å². The van der Waals surface area contributed by atoms with Crippen molar-refractivity contribution in [3.05, 3.63) is 41.9 Å². The summed E-state index contributed by atoms with van der Waals surface area (Å²) in [6.45, 7) is 3.91. The average molecular weight is 216 g/mol. The van der Waals surface area contributed by atoms with Gasteiger partial charge in [0.1, 0.15) is 0 Å². The van der Waals surface area contributed by atoms with Crippen LogP contribution < -0.4 is 0 Å². The maximum Gasteiger partial charge on any atom is 0.157 e. The fraction of sp³-hybridized carbons (Fsp3) is 0.385. The number of carbonyl (C=O) groups is 1. The Balaban J connectivity index is 2.07. The quantitative estimate of drug-likeness (QED) is 0.773. The second-order valence-electron chi connectivity index (χ2n) is 3.97. The van der Waals surface area contributed by atoms with E-state index < -0.39 is 0 Å². The van der Waals surface area contributed by atoms with Gasteiger partial charge < -0.3 is 4.90 Å². The molecule has 2 rings (SSSR count). The first kappa shape index (κ1) is 10.9. The summed E-state index contributed by atoms with van der Waals surface area (Å²) in [6.07, 6.45) is 6.94. The number of hydrogen-bond donors (Lipinski definition) is 0. The van der Waals surface area contributed by atoms with E-state index in [1.165, 1.54) is 11.3 Å². The molecule has 16 heavy (non-hydrogen) atoms. The van der Waals surface area contributed by atoms with E-state index in [9.17, 15) is 4.79 Å². The van der Waals surface area contributed by atoms with Gasteiger partial charge in [-0.15, -0.1) is 0 Å². The van der Waals surface area contributed by atoms with E-state index in [-0.39, 0.29) is 5.78 Å². The van der Waals surface area contributed by atoms with Crippen molar-refractivity contribution in [2.75, 3.05) is 6.54 Å². The minimum absolute atomic E-state index is 0.253. The number of hydrogen-bond acceptors (Lipinski definition) is 3. The van der Waals surface area contributed by atoms with Crippen molar-refractivity contribution in [3.8, 4) is 0 Å². The molecule has 0 N–H and O–H groups in total. The highest BCUT2D eigenvalue weighted by molar-refractivity contribution is 5.92. The first-order valence-electron chi connectivity index (χ1n) is 5.67. The van der Waals surface area contributed by atoms with Crippen LogP contribution in [-0.4, -0.2) is 22.2 Å². The van der Waals surface area contributed by atoms with Crippen molar-refractivity contribution in [1.29, 1.82) is 0 Å². The number of aromatic nitrogens is 1. The summed E-state index contributed by atoms with van der Waals surface area (Å²) in [5, 5.41) is 0. The van der Waals surface area contributed by atoms with Gasteiger partial charge in [0.2, 0.25) is 0 Å². The predicted octanol–water partition coefficient (Wildman–Crippen LogP) is 2.15. The van der Waals surface area contributed by atoms with E-state index in [2.05, 4.69) is 16.8 Å². The van der Waals surface area contributed by atoms with Gasteiger partial charge in [-0.05, 0) is 31.0 Å². The molecule has 0 saturated heterocycles. The number of rotatable bonds is 4. The van der Waals surface area contributed by atoms with Gasteiger partial charge in [0.25, 0.3) is 0 Å².